The summed E-state index contributed by atoms with van der Waals surface area (Å²) in [6.07, 6.45) is 1.61. The third kappa shape index (κ3) is 5.63. The van der Waals surface area contributed by atoms with Gasteiger partial charge in [-0.05, 0) is 30.0 Å². The number of sulfonamides is 1. The van der Waals surface area contributed by atoms with Crippen LogP contribution in [0.15, 0.2) is 28.7 Å². The summed E-state index contributed by atoms with van der Waals surface area (Å²) < 4.78 is 28.0. The second-order valence-corrected chi connectivity index (χ2v) is 7.64. The first-order chi connectivity index (χ1) is 8.88. The molecule has 0 aliphatic carbocycles. The predicted octanol–water partition coefficient (Wildman–Crippen LogP) is 3.87. The molecule has 1 N–H and O–H groups in total. The molecular weight excluding hydrogens is 326 g/mol. The summed E-state index contributed by atoms with van der Waals surface area (Å²) in [5.74, 6) is 0.371. The summed E-state index contributed by atoms with van der Waals surface area (Å²) in [5.41, 5.74) is 0.999. The molecule has 1 aromatic rings. The smallest absolute Gasteiger partial charge is 0.212 e. The lowest BCUT2D eigenvalue weighted by atomic mass is 10.1. The summed E-state index contributed by atoms with van der Waals surface area (Å²) in [6, 6.07) is 7.61. The Morgan fingerprint density at radius 3 is 2.21 bits per heavy atom. The number of benzene rings is 1. The van der Waals surface area contributed by atoms with Crippen molar-refractivity contribution < 1.29 is 8.42 Å². The molecule has 0 fully saturated rings. The van der Waals surface area contributed by atoms with E-state index in [1.807, 2.05) is 45.0 Å². The van der Waals surface area contributed by atoms with Crippen molar-refractivity contribution in [1.82, 2.24) is 4.72 Å². The van der Waals surface area contributed by atoms with Crippen LogP contribution in [0.4, 0.5) is 0 Å². The minimum atomic E-state index is -3.22. The van der Waals surface area contributed by atoms with E-state index in [4.69, 9.17) is 0 Å². The molecule has 0 saturated heterocycles. The topological polar surface area (TPSA) is 46.2 Å². The minimum absolute atomic E-state index is 0.151. The van der Waals surface area contributed by atoms with Gasteiger partial charge in [0.1, 0.15) is 0 Å². The number of hydrogen-bond donors (Lipinski definition) is 1. The van der Waals surface area contributed by atoms with Crippen molar-refractivity contribution in [1.29, 1.82) is 0 Å². The lowest BCUT2D eigenvalue weighted by molar-refractivity contribution is 0.529. The van der Waals surface area contributed by atoms with Crippen molar-refractivity contribution >= 4 is 26.0 Å². The van der Waals surface area contributed by atoms with Gasteiger partial charge in [0.05, 0.1) is 5.75 Å². The Kier molecular flexibility index (Phi) is 6.50. The van der Waals surface area contributed by atoms with E-state index in [0.717, 1.165) is 22.9 Å². The fourth-order valence-corrected chi connectivity index (χ4v) is 3.92. The van der Waals surface area contributed by atoms with Gasteiger partial charge in [0.15, 0.2) is 0 Å². The number of hydrogen-bond acceptors (Lipinski definition) is 2. The van der Waals surface area contributed by atoms with E-state index >= 15 is 0 Å². The highest BCUT2D eigenvalue weighted by Crippen LogP contribution is 2.20. The van der Waals surface area contributed by atoms with Crippen molar-refractivity contribution in [3.8, 4) is 0 Å². The molecule has 0 amide bonds. The van der Waals surface area contributed by atoms with Crippen LogP contribution in [0.5, 0.6) is 0 Å². The van der Waals surface area contributed by atoms with Crippen molar-refractivity contribution in [2.75, 3.05) is 5.75 Å². The summed E-state index contributed by atoms with van der Waals surface area (Å²) in [7, 11) is -3.22. The van der Waals surface area contributed by atoms with Crippen LogP contribution >= 0.6 is 15.9 Å². The van der Waals surface area contributed by atoms with E-state index in [2.05, 4.69) is 20.7 Å². The molecule has 5 heteroatoms. The SMILES string of the molecule is CCC(C)CS(=O)(=O)NC(CC)c1ccc(Br)cc1. The van der Waals surface area contributed by atoms with Crippen LogP contribution in [-0.2, 0) is 10.0 Å². The van der Waals surface area contributed by atoms with Crippen LogP contribution in [0.25, 0.3) is 0 Å². The standard InChI is InChI=1S/C14H22BrNO2S/c1-4-11(3)10-19(17,18)16-14(5-2)12-6-8-13(15)9-7-12/h6-9,11,14,16H,4-5,10H2,1-3H3. The zero-order chi connectivity index (χ0) is 14.5. The molecule has 0 aliphatic heterocycles. The van der Waals surface area contributed by atoms with E-state index in [9.17, 15) is 8.42 Å². The lowest BCUT2D eigenvalue weighted by Gasteiger charge is -2.19. The highest BCUT2D eigenvalue weighted by molar-refractivity contribution is 9.10. The Morgan fingerprint density at radius 2 is 1.74 bits per heavy atom. The molecule has 2 atom stereocenters. The molecule has 0 heterocycles. The van der Waals surface area contributed by atoms with Crippen molar-refractivity contribution in [2.24, 2.45) is 5.92 Å². The van der Waals surface area contributed by atoms with Crippen molar-refractivity contribution in [2.45, 2.75) is 39.7 Å². The maximum Gasteiger partial charge on any atom is 0.212 e. The van der Waals surface area contributed by atoms with Gasteiger partial charge in [-0.15, -0.1) is 0 Å². The zero-order valence-corrected chi connectivity index (χ0v) is 14.1. The summed E-state index contributed by atoms with van der Waals surface area (Å²) >= 11 is 3.38. The van der Waals surface area contributed by atoms with E-state index in [0.29, 0.717) is 0 Å². The van der Waals surface area contributed by atoms with Gasteiger partial charge in [-0.3, -0.25) is 0 Å². The van der Waals surface area contributed by atoms with Gasteiger partial charge >= 0.3 is 0 Å². The minimum Gasteiger partial charge on any atom is -0.212 e. The van der Waals surface area contributed by atoms with Crippen molar-refractivity contribution in [3.05, 3.63) is 34.3 Å². The Morgan fingerprint density at radius 1 is 1.16 bits per heavy atom. The van der Waals surface area contributed by atoms with Gasteiger partial charge in [0.2, 0.25) is 10.0 Å². The third-order valence-electron chi connectivity index (χ3n) is 3.20. The maximum absolute atomic E-state index is 12.1. The van der Waals surface area contributed by atoms with Crippen LogP contribution in [0.3, 0.4) is 0 Å². The monoisotopic (exact) mass is 347 g/mol. The molecule has 1 rings (SSSR count). The fourth-order valence-electron chi connectivity index (χ4n) is 1.84. The van der Waals surface area contributed by atoms with Gasteiger partial charge < -0.3 is 0 Å². The van der Waals surface area contributed by atoms with Crippen LogP contribution in [0.1, 0.15) is 45.2 Å². The Labute approximate surface area is 125 Å². The average molecular weight is 348 g/mol. The molecule has 2 unspecified atom stereocenters. The number of nitrogens with one attached hydrogen (secondary N) is 1. The van der Waals surface area contributed by atoms with E-state index in [1.165, 1.54) is 0 Å². The molecule has 0 bridgehead atoms. The van der Waals surface area contributed by atoms with Crippen LogP contribution < -0.4 is 4.72 Å². The van der Waals surface area contributed by atoms with Gasteiger partial charge in [0.25, 0.3) is 0 Å². The second kappa shape index (κ2) is 7.41. The summed E-state index contributed by atoms with van der Waals surface area (Å²) in [4.78, 5) is 0. The van der Waals surface area contributed by atoms with Gasteiger partial charge in [-0.25, -0.2) is 13.1 Å². The van der Waals surface area contributed by atoms with Gasteiger partial charge in [-0.1, -0.05) is 55.3 Å². The summed E-state index contributed by atoms with van der Waals surface area (Å²) in [5, 5.41) is 0. The van der Waals surface area contributed by atoms with Gasteiger partial charge in [-0.2, -0.15) is 0 Å². The van der Waals surface area contributed by atoms with Crippen LogP contribution in [-0.4, -0.2) is 14.2 Å². The molecule has 0 aromatic heterocycles. The largest absolute Gasteiger partial charge is 0.212 e. The quantitative estimate of drug-likeness (QED) is 0.813. The molecule has 3 nitrogen and oxygen atoms in total. The first kappa shape index (κ1) is 16.7. The number of rotatable bonds is 7. The Hall–Kier alpha value is -0.390. The first-order valence-electron chi connectivity index (χ1n) is 6.63. The fraction of sp³-hybridized carbons (Fsp3) is 0.571. The second-order valence-electron chi connectivity index (χ2n) is 4.93. The highest BCUT2D eigenvalue weighted by Gasteiger charge is 2.20. The Bertz CT molecular complexity index is 485. The van der Waals surface area contributed by atoms with E-state index in [1.54, 1.807) is 0 Å². The molecule has 1 aromatic carbocycles. The van der Waals surface area contributed by atoms with E-state index < -0.39 is 10.0 Å². The molecule has 0 aliphatic rings. The van der Waals surface area contributed by atoms with E-state index in [-0.39, 0.29) is 17.7 Å². The molecule has 0 saturated carbocycles. The molecule has 0 radical (unpaired) electrons. The average Bonchev–Trinajstić information content (AvgIpc) is 2.36. The first-order valence-corrected chi connectivity index (χ1v) is 9.08. The van der Waals surface area contributed by atoms with Crippen LogP contribution in [0.2, 0.25) is 0 Å². The third-order valence-corrected chi connectivity index (χ3v) is 5.38. The Balaban J connectivity index is 2.79. The molecule has 0 spiro atoms. The molecule has 19 heavy (non-hydrogen) atoms. The predicted molar refractivity (Wildman–Crippen MR) is 83.6 cm³/mol. The van der Waals surface area contributed by atoms with Gasteiger partial charge in [0, 0.05) is 10.5 Å². The normalized spacial score (nSPS) is 15.2. The molecular formula is C14H22BrNO2S. The van der Waals surface area contributed by atoms with Crippen molar-refractivity contribution in [3.63, 3.8) is 0 Å². The molecule has 108 valence electrons. The number of halogens is 1. The lowest BCUT2D eigenvalue weighted by Crippen LogP contribution is -2.32. The maximum atomic E-state index is 12.1. The zero-order valence-electron chi connectivity index (χ0n) is 11.7. The highest BCUT2D eigenvalue weighted by atomic mass is 79.9. The van der Waals surface area contributed by atoms with Crippen LogP contribution in [0, 0.1) is 5.92 Å². The summed E-state index contributed by atoms with van der Waals surface area (Å²) in [6.45, 7) is 5.95.